The van der Waals surface area contributed by atoms with Gasteiger partial charge in [-0.15, -0.1) is 0 Å². The zero-order valence-corrected chi connectivity index (χ0v) is 12.9. The molecule has 0 spiro atoms. The highest BCUT2D eigenvalue weighted by atomic mass is 35.5. The van der Waals surface area contributed by atoms with Crippen LogP contribution in [0.15, 0.2) is 16.5 Å². The Labute approximate surface area is 120 Å². The van der Waals surface area contributed by atoms with Crippen LogP contribution in [0.25, 0.3) is 11.0 Å². The average Bonchev–Trinajstić information content (AvgIpc) is 2.75. The normalized spacial score (nSPS) is 11.7. The molecule has 0 saturated carbocycles. The SMILES string of the molecule is CCCNCc1oc2c(C)ccc(Cl)c2c1C(C)C. The molecule has 0 amide bonds. The summed E-state index contributed by atoms with van der Waals surface area (Å²) in [4.78, 5) is 0. The molecule has 0 aliphatic carbocycles. The molecule has 0 atom stereocenters. The second kappa shape index (κ2) is 5.98. The number of fused-ring (bicyclic) bond motifs is 1. The molecule has 1 aromatic carbocycles. The van der Waals surface area contributed by atoms with Gasteiger partial charge in [0.25, 0.3) is 0 Å². The zero-order chi connectivity index (χ0) is 14.0. The van der Waals surface area contributed by atoms with Crippen molar-refractivity contribution in [3.63, 3.8) is 0 Å². The molecule has 104 valence electrons. The zero-order valence-electron chi connectivity index (χ0n) is 12.1. The molecule has 1 N–H and O–H groups in total. The smallest absolute Gasteiger partial charge is 0.139 e. The number of rotatable bonds is 5. The number of hydrogen-bond acceptors (Lipinski definition) is 2. The van der Waals surface area contributed by atoms with Gasteiger partial charge < -0.3 is 9.73 Å². The summed E-state index contributed by atoms with van der Waals surface area (Å²) in [6, 6.07) is 3.98. The van der Waals surface area contributed by atoms with Crippen molar-refractivity contribution in [3.05, 3.63) is 34.0 Å². The summed E-state index contributed by atoms with van der Waals surface area (Å²) in [6.07, 6.45) is 1.12. The minimum atomic E-state index is 0.402. The van der Waals surface area contributed by atoms with Crippen LogP contribution in [0.1, 0.15) is 50.0 Å². The first kappa shape index (κ1) is 14.4. The van der Waals surface area contributed by atoms with E-state index in [2.05, 4.69) is 33.0 Å². The van der Waals surface area contributed by atoms with Crippen LogP contribution in [0.3, 0.4) is 0 Å². The van der Waals surface area contributed by atoms with Crippen LogP contribution in [-0.4, -0.2) is 6.54 Å². The summed E-state index contributed by atoms with van der Waals surface area (Å²) < 4.78 is 6.07. The number of hydrogen-bond donors (Lipinski definition) is 1. The lowest BCUT2D eigenvalue weighted by Crippen LogP contribution is -2.14. The van der Waals surface area contributed by atoms with Crippen LogP contribution >= 0.6 is 11.6 Å². The van der Waals surface area contributed by atoms with Crippen molar-refractivity contribution < 1.29 is 4.42 Å². The van der Waals surface area contributed by atoms with E-state index in [9.17, 15) is 0 Å². The summed E-state index contributed by atoms with van der Waals surface area (Å²) in [6.45, 7) is 10.4. The first-order chi connectivity index (χ1) is 9.06. The van der Waals surface area contributed by atoms with E-state index in [0.29, 0.717) is 5.92 Å². The van der Waals surface area contributed by atoms with Crippen LogP contribution in [0.5, 0.6) is 0 Å². The van der Waals surface area contributed by atoms with E-state index in [0.717, 1.165) is 46.8 Å². The molecule has 2 aromatic rings. The third kappa shape index (κ3) is 2.80. The highest BCUT2D eigenvalue weighted by Gasteiger charge is 2.20. The Bertz CT molecular complexity index is 572. The van der Waals surface area contributed by atoms with Crippen LogP contribution in [0.2, 0.25) is 5.02 Å². The summed E-state index contributed by atoms with van der Waals surface area (Å²) in [5, 5.41) is 5.28. The standard InChI is InChI=1S/C16H22ClNO/c1-5-8-18-9-13-14(10(2)3)15-12(17)7-6-11(4)16(15)19-13/h6-7,10,18H,5,8-9H2,1-4H3. The number of furan rings is 1. The van der Waals surface area contributed by atoms with E-state index in [-0.39, 0.29) is 0 Å². The lowest BCUT2D eigenvalue weighted by molar-refractivity contribution is 0.503. The highest BCUT2D eigenvalue weighted by molar-refractivity contribution is 6.35. The number of benzene rings is 1. The number of halogens is 1. The number of aryl methyl sites for hydroxylation is 1. The third-order valence-electron chi connectivity index (χ3n) is 3.39. The van der Waals surface area contributed by atoms with Crippen LogP contribution in [0.4, 0.5) is 0 Å². The van der Waals surface area contributed by atoms with Gasteiger partial charge in [0, 0.05) is 10.9 Å². The summed E-state index contributed by atoms with van der Waals surface area (Å²) >= 11 is 6.37. The maximum absolute atomic E-state index is 6.37. The van der Waals surface area contributed by atoms with E-state index >= 15 is 0 Å². The molecule has 0 fully saturated rings. The molecule has 1 heterocycles. The van der Waals surface area contributed by atoms with Gasteiger partial charge in [-0.3, -0.25) is 0 Å². The highest BCUT2D eigenvalue weighted by Crippen LogP contribution is 2.37. The Balaban J connectivity index is 2.54. The molecule has 2 rings (SSSR count). The molecule has 0 aliphatic heterocycles. The first-order valence-corrected chi connectivity index (χ1v) is 7.35. The molecule has 2 nitrogen and oxygen atoms in total. The molecule has 1 aromatic heterocycles. The summed E-state index contributed by atoms with van der Waals surface area (Å²) in [5.41, 5.74) is 3.32. The second-order valence-electron chi connectivity index (χ2n) is 5.34. The molecular weight excluding hydrogens is 258 g/mol. The van der Waals surface area contributed by atoms with Crippen molar-refractivity contribution in [1.29, 1.82) is 0 Å². The van der Waals surface area contributed by atoms with Crippen LogP contribution in [-0.2, 0) is 6.54 Å². The van der Waals surface area contributed by atoms with Crippen molar-refractivity contribution in [2.24, 2.45) is 0 Å². The largest absolute Gasteiger partial charge is 0.459 e. The maximum atomic E-state index is 6.37. The Hall–Kier alpha value is -0.990. The molecule has 0 unspecified atom stereocenters. The van der Waals surface area contributed by atoms with Gasteiger partial charge in [0.15, 0.2) is 0 Å². The fraction of sp³-hybridized carbons (Fsp3) is 0.500. The quantitative estimate of drug-likeness (QED) is 0.778. The Morgan fingerprint density at radius 1 is 1.32 bits per heavy atom. The lowest BCUT2D eigenvalue weighted by Gasteiger charge is -2.08. The molecule has 19 heavy (non-hydrogen) atoms. The van der Waals surface area contributed by atoms with Gasteiger partial charge in [0.2, 0.25) is 0 Å². The Morgan fingerprint density at radius 2 is 2.05 bits per heavy atom. The van der Waals surface area contributed by atoms with Gasteiger partial charge in [0.05, 0.1) is 11.6 Å². The molecule has 0 aliphatic rings. The minimum absolute atomic E-state index is 0.402. The fourth-order valence-corrected chi connectivity index (χ4v) is 2.73. The van der Waals surface area contributed by atoms with Crippen LogP contribution < -0.4 is 5.32 Å². The van der Waals surface area contributed by atoms with Gasteiger partial charge >= 0.3 is 0 Å². The Kier molecular flexibility index (Phi) is 4.54. The lowest BCUT2D eigenvalue weighted by atomic mass is 9.98. The fourth-order valence-electron chi connectivity index (χ4n) is 2.48. The second-order valence-corrected chi connectivity index (χ2v) is 5.75. The third-order valence-corrected chi connectivity index (χ3v) is 3.70. The molecule has 0 radical (unpaired) electrons. The topological polar surface area (TPSA) is 25.2 Å². The maximum Gasteiger partial charge on any atom is 0.139 e. The number of nitrogens with one attached hydrogen (secondary N) is 1. The van der Waals surface area contributed by atoms with Gasteiger partial charge in [0.1, 0.15) is 11.3 Å². The van der Waals surface area contributed by atoms with E-state index in [1.165, 1.54) is 5.56 Å². The average molecular weight is 280 g/mol. The minimum Gasteiger partial charge on any atom is -0.459 e. The van der Waals surface area contributed by atoms with E-state index < -0.39 is 0 Å². The predicted octanol–water partition coefficient (Wildman–Crippen LogP) is 5.02. The molecule has 0 bridgehead atoms. The van der Waals surface area contributed by atoms with Crippen molar-refractivity contribution in [1.82, 2.24) is 5.32 Å². The predicted molar refractivity (Wildman–Crippen MR) is 82.0 cm³/mol. The summed E-state index contributed by atoms with van der Waals surface area (Å²) in [7, 11) is 0. The van der Waals surface area contributed by atoms with E-state index in [4.69, 9.17) is 16.0 Å². The monoisotopic (exact) mass is 279 g/mol. The van der Waals surface area contributed by atoms with Gasteiger partial charge in [-0.2, -0.15) is 0 Å². The van der Waals surface area contributed by atoms with E-state index in [1.54, 1.807) is 0 Å². The van der Waals surface area contributed by atoms with Gasteiger partial charge in [-0.25, -0.2) is 0 Å². The summed E-state index contributed by atoms with van der Waals surface area (Å²) in [5.74, 6) is 1.42. The van der Waals surface area contributed by atoms with Crippen molar-refractivity contribution in [2.75, 3.05) is 6.54 Å². The van der Waals surface area contributed by atoms with Gasteiger partial charge in [-0.1, -0.05) is 38.4 Å². The van der Waals surface area contributed by atoms with Crippen LogP contribution in [0, 0.1) is 6.92 Å². The molecular formula is C16H22ClNO. The molecule has 0 saturated heterocycles. The van der Waals surface area contributed by atoms with Gasteiger partial charge in [-0.05, 0) is 37.4 Å². The molecule has 3 heteroatoms. The van der Waals surface area contributed by atoms with Crippen molar-refractivity contribution in [3.8, 4) is 0 Å². The van der Waals surface area contributed by atoms with E-state index in [1.807, 2.05) is 12.1 Å². The Morgan fingerprint density at radius 3 is 2.68 bits per heavy atom. The first-order valence-electron chi connectivity index (χ1n) is 6.97. The van der Waals surface area contributed by atoms with Crippen molar-refractivity contribution >= 4 is 22.6 Å². The van der Waals surface area contributed by atoms with Crippen molar-refractivity contribution in [2.45, 2.75) is 46.6 Å².